The molecule has 0 aliphatic heterocycles. The molecular formula is C7H13N3O3S. The lowest BCUT2D eigenvalue weighted by Crippen LogP contribution is -2.37. The molecule has 80 valence electrons. The first-order valence-electron chi connectivity index (χ1n) is 4.22. The molecule has 0 saturated heterocycles. The fourth-order valence-electron chi connectivity index (χ4n) is 0.925. The van der Waals surface area contributed by atoms with Crippen molar-refractivity contribution < 1.29 is 13.5 Å². The number of hydrogen-bond donors (Lipinski definition) is 3. The van der Waals surface area contributed by atoms with Gasteiger partial charge in [0.15, 0.2) is 5.03 Å². The van der Waals surface area contributed by atoms with Crippen molar-refractivity contribution in [3.8, 4) is 0 Å². The third kappa shape index (κ3) is 2.53. The summed E-state index contributed by atoms with van der Waals surface area (Å²) >= 11 is 0. The van der Waals surface area contributed by atoms with Gasteiger partial charge in [-0.2, -0.15) is 5.10 Å². The summed E-state index contributed by atoms with van der Waals surface area (Å²) in [6, 6.07) is 0.898. The number of aliphatic hydroxyl groups is 1. The van der Waals surface area contributed by atoms with Crippen LogP contribution in [-0.2, 0) is 10.0 Å². The summed E-state index contributed by atoms with van der Waals surface area (Å²) in [6.07, 6.45) is 1.89. The van der Waals surface area contributed by atoms with Gasteiger partial charge in [-0.3, -0.25) is 5.10 Å². The molecule has 7 heteroatoms. The molecule has 3 N–H and O–H groups in total. The van der Waals surface area contributed by atoms with E-state index in [9.17, 15) is 8.42 Å². The van der Waals surface area contributed by atoms with Gasteiger partial charge in [0, 0.05) is 6.04 Å². The van der Waals surface area contributed by atoms with Gasteiger partial charge in [0.2, 0.25) is 0 Å². The largest absolute Gasteiger partial charge is 0.395 e. The zero-order valence-corrected chi connectivity index (χ0v) is 8.58. The molecule has 14 heavy (non-hydrogen) atoms. The molecule has 0 aromatic carbocycles. The van der Waals surface area contributed by atoms with Crippen molar-refractivity contribution in [1.82, 2.24) is 14.9 Å². The first-order valence-corrected chi connectivity index (χ1v) is 5.71. The number of aromatic nitrogens is 2. The molecule has 0 spiro atoms. The topological polar surface area (TPSA) is 95.1 Å². The summed E-state index contributed by atoms with van der Waals surface area (Å²) in [7, 11) is -3.57. The van der Waals surface area contributed by atoms with E-state index in [0.717, 1.165) is 0 Å². The van der Waals surface area contributed by atoms with E-state index in [1.807, 2.05) is 0 Å². The van der Waals surface area contributed by atoms with Gasteiger partial charge < -0.3 is 5.11 Å². The highest BCUT2D eigenvalue weighted by Crippen LogP contribution is 2.04. The zero-order valence-electron chi connectivity index (χ0n) is 7.77. The van der Waals surface area contributed by atoms with Crippen LogP contribution in [0.2, 0.25) is 0 Å². The number of sulfonamides is 1. The maximum atomic E-state index is 11.5. The fourth-order valence-corrected chi connectivity index (χ4v) is 2.15. The molecule has 0 saturated carbocycles. The molecule has 1 heterocycles. The summed E-state index contributed by atoms with van der Waals surface area (Å²) in [6.45, 7) is 1.57. The molecule has 6 nitrogen and oxygen atoms in total. The van der Waals surface area contributed by atoms with Crippen LogP contribution >= 0.6 is 0 Å². The molecule has 0 amide bonds. The Morgan fingerprint density at radius 2 is 2.43 bits per heavy atom. The third-order valence-corrected chi connectivity index (χ3v) is 3.25. The highest BCUT2D eigenvalue weighted by atomic mass is 32.2. The Kier molecular flexibility index (Phi) is 3.62. The monoisotopic (exact) mass is 219 g/mol. The predicted octanol–water partition coefficient (Wildman–Crippen LogP) is -0.541. The van der Waals surface area contributed by atoms with E-state index < -0.39 is 16.1 Å². The van der Waals surface area contributed by atoms with Crippen LogP contribution in [-0.4, -0.2) is 36.4 Å². The van der Waals surface area contributed by atoms with Crippen LogP contribution in [0.15, 0.2) is 17.3 Å². The van der Waals surface area contributed by atoms with Crippen LogP contribution in [0, 0.1) is 0 Å². The van der Waals surface area contributed by atoms with Gasteiger partial charge in [-0.15, -0.1) is 0 Å². The number of H-pyrrole nitrogens is 1. The molecule has 1 unspecified atom stereocenters. The average molecular weight is 219 g/mol. The molecule has 0 fully saturated rings. The van der Waals surface area contributed by atoms with Crippen LogP contribution in [0.25, 0.3) is 0 Å². The van der Waals surface area contributed by atoms with Crippen molar-refractivity contribution in [2.75, 3.05) is 6.61 Å². The molecule has 1 rings (SSSR count). The van der Waals surface area contributed by atoms with E-state index in [0.29, 0.717) is 6.42 Å². The summed E-state index contributed by atoms with van der Waals surface area (Å²) in [5.74, 6) is 0. The molecule has 0 aliphatic carbocycles. The van der Waals surface area contributed by atoms with Crippen LogP contribution in [0.5, 0.6) is 0 Å². The fraction of sp³-hybridized carbons (Fsp3) is 0.571. The van der Waals surface area contributed by atoms with E-state index in [1.54, 1.807) is 6.92 Å². The summed E-state index contributed by atoms with van der Waals surface area (Å²) in [5, 5.41) is 14.7. The van der Waals surface area contributed by atoms with Crippen molar-refractivity contribution in [1.29, 1.82) is 0 Å². The second-order valence-electron chi connectivity index (χ2n) is 2.83. The Balaban J connectivity index is 2.77. The van der Waals surface area contributed by atoms with Gasteiger partial charge in [-0.05, 0) is 12.5 Å². The molecule has 1 aromatic heterocycles. The van der Waals surface area contributed by atoms with Crippen molar-refractivity contribution in [3.05, 3.63) is 12.3 Å². The van der Waals surface area contributed by atoms with Crippen molar-refractivity contribution >= 4 is 10.0 Å². The van der Waals surface area contributed by atoms with E-state index in [1.165, 1.54) is 12.3 Å². The summed E-state index contributed by atoms with van der Waals surface area (Å²) < 4.78 is 25.4. The van der Waals surface area contributed by atoms with Gasteiger partial charge in [0.05, 0.1) is 12.8 Å². The lowest BCUT2D eigenvalue weighted by Gasteiger charge is -2.12. The summed E-state index contributed by atoms with van der Waals surface area (Å²) in [5.41, 5.74) is 0. The highest BCUT2D eigenvalue weighted by Gasteiger charge is 2.19. The second-order valence-corrected chi connectivity index (χ2v) is 4.51. The zero-order chi connectivity index (χ0) is 10.6. The normalized spacial score (nSPS) is 14.1. The van der Waals surface area contributed by atoms with Crippen molar-refractivity contribution in [2.45, 2.75) is 24.4 Å². The van der Waals surface area contributed by atoms with Crippen LogP contribution in [0.4, 0.5) is 0 Å². The van der Waals surface area contributed by atoms with Gasteiger partial charge in [0.25, 0.3) is 10.0 Å². The van der Waals surface area contributed by atoms with Crippen LogP contribution in [0.1, 0.15) is 13.3 Å². The quantitative estimate of drug-likeness (QED) is 0.619. The minimum Gasteiger partial charge on any atom is -0.395 e. The molecule has 1 aromatic rings. The predicted molar refractivity (Wildman–Crippen MR) is 50.1 cm³/mol. The Morgan fingerprint density at radius 1 is 1.71 bits per heavy atom. The molecule has 0 bridgehead atoms. The Morgan fingerprint density at radius 3 is 2.86 bits per heavy atom. The highest BCUT2D eigenvalue weighted by molar-refractivity contribution is 7.89. The lowest BCUT2D eigenvalue weighted by atomic mass is 10.3. The van der Waals surface area contributed by atoms with E-state index in [-0.39, 0.29) is 11.6 Å². The number of hydrogen-bond acceptors (Lipinski definition) is 4. The smallest absolute Gasteiger partial charge is 0.257 e. The van der Waals surface area contributed by atoms with Gasteiger partial charge in [-0.1, -0.05) is 6.92 Å². The minimum absolute atomic E-state index is 0.00407. The standard InChI is InChI=1S/C7H13N3O3S/c1-2-6(5-11)10-14(12,13)7-3-4-8-9-7/h3-4,6,10-11H,2,5H2,1H3,(H,8,9). The van der Waals surface area contributed by atoms with Gasteiger partial charge in [-0.25, -0.2) is 13.1 Å². The Bertz CT molecular complexity index is 356. The number of aliphatic hydroxyl groups excluding tert-OH is 1. The lowest BCUT2D eigenvalue weighted by molar-refractivity contribution is 0.253. The van der Waals surface area contributed by atoms with Crippen molar-refractivity contribution in [2.24, 2.45) is 0 Å². The Hall–Kier alpha value is -0.920. The van der Waals surface area contributed by atoms with Crippen molar-refractivity contribution in [3.63, 3.8) is 0 Å². The first kappa shape index (κ1) is 11.2. The minimum atomic E-state index is -3.57. The molecule has 0 radical (unpaired) electrons. The Labute approximate surface area is 82.4 Å². The molecule has 0 aliphatic rings. The van der Waals surface area contributed by atoms with Gasteiger partial charge in [0.1, 0.15) is 0 Å². The maximum Gasteiger partial charge on any atom is 0.257 e. The van der Waals surface area contributed by atoms with E-state index in [2.05, 4.69) is 14.9 Å². The third-order valence-electron chi connectivity index (χ3n) is 1.80. The van der Waals surface area contributed by atoms with Crippen LogP contribution < -0.4 is 4.72 Å². The van der Waals surface area contributed by atoms with Crippen LogP contribution in [0.3, 0.4) is 0 Å². The average Bonchev–Trinajstić information content (AvgIpc) is 2.67. The second kappa shape index (κ2) is 4.54. The molecule has 1 atom stereocenters. The number of nitrogens with one attached hydrogen (secondary N) is 2. The summed E-state index contributed by atoms with van der Waals surface area (Å²) in [4.78, 5) is 0. The van der Waals surface area contributed by atoms with E-state index in [4.69, 9.17) is 5.11 Å². The number of nitrogens with zero attached hydrogens (tertiary/aromatic N) is 1. The number of rotatable bonds is 5. The maximum absolute atomic E-state index is 11.5. The van der Waals surface area contributed by atoms with Gasteiger partial charge >= 0.3 is 0 Å². The van der Waals surface area contributed by atoms with E-state index >= 15 is 0 Å². The molecular weight excluding hydrogens is 206 g/mol. The number of aromatic amines is 1. The SMILES string of the molecule is CCC(CO)NS(=O)(=O)c1ccn[nH]1. The first-order chi connectivity index (χ1) is 6.60.